The van der Waals surface area contributed by atoms with E-state index in [9.17, 15) is 5.11 Å². The SMILES string of the molecule is COc1c(N)ncnc1NC1CCC(O)CC1. The molecule has 0 aromatic carbocycles. The second-order valence-corrected chi connectivity index (χ2v) is 4.29. The zero-order valence-corrected chi connectivity index (χ0v) is 9.89. The van der Waals surface area contributed by atoms with Gasteiger partial charge in [-0.25, -0.2) is 9.97 Å². The molecule has 0 bridgehead atoms. The van der Waals surface area contributed by atoms with E-state index in [1.165, 1.54) is 6.33 Å². The van der Waals surface area contributed by atoms with Crippen molar-refractivity contribution in [2.24, 2.45) is 0 Å². The van der Waals surface area contributed by atoms with Crippen LogP contribution in [0.3, 0.4) is 0 Å². The average Bonchev–Trinajstić information content (AvgIpc) is 2.32. The Hall–Kier alpha value is -1.56. The quantitative estimate of drug-likeness (QED) is 0.720. The number of nitrogens with zero attached hydrogens (tertiary/aromatic N) is 2. The largest absolute Gasteiger partial charge is 0.490 e. The van der Waals surface area contributed by atoms with E-state index in [-0.39, 0.29) is 6.10 Å². The molecule has 0 unspecified atom stereocenters. The van der Waals surface area contributed by atoms with Crippen LogP contribution in [0.2, 0.25) is 0 Å². The topological polar surface area (TPSA) is 93.3 Å². The molecular weight excluding hydrogens is 220 g/mol. The van der Waals surface area contributed by atoms with Crippen LogP contribution in [0, 0.1) is 0 Å². The zero-order valence-electron chi connectivity index (χ0n) is 9.89. The number of hydrogen-bond donors (Lipinski definition) is 3. The van der Waals surface area contributed by atoms with Gasteiger partial charge in [0.05, 0.1) is 13.2 Å². The molecule has 0 saturated heterocycles. The lowest BCUT2D eigenvalue weighted by Crippen LogP contribution is -2.28. The summed E-state index contributed by atoms with van der Waals surface area (Å²) in [4.78, 5) is 8.01. The summed E-state index contributed by atoms with van der Waals surface area (Å²) in [5.74, 6) is 1.45. The lowest BCUT2D eigenvalue weighted by Gasteiger charge is -2.27. The average molecular weight is 238 g/mol. The van der Waals surface area contributed by atoms with Gasteiger partial charge in [-0.1, -0.05) is 0 Å². The maximum atomic E-state index is 9.44. The van der Waals surface area contributed by atoms with Gasteiger partial charge in [-0.05, 0) is 25.7 Å². The molecule has 94 valence electrons. The van der Waals surface area contributed by atoms with Gasteiger partial charge < -0.3 is 20.9 Å². The van der Waals surface area contributed by atoms with Gasteiger partial charge in [0.2, 0.25) is 5.75 Å². The molecule has 0 amide bonds. The van der Waals surface area contributed by atoms with Crippen molar-refractivity contribution in [2.75, 3.05) is 18.2 Å². The molecule has 1 aliphatic rings. The predicted octanol–water partition coefficient (Wildman–Crippen LogP) is 0.783. The molecule has 6 heteroatoms. The van der Waals surface area contributed by atoms with Crippen LogP contribution in [-0.2, 0) is 0 Å². The molecule has 1 fully saturated rings. The molecule has 2 rings (SSSR count). The molecule has 1 aromatic rings. The normalized spacial score (nSPS) is 24.4. The van der Waals surface area contributed by atoms with E-state index in [0.29, 0.717) is 23.4 Å². The minimum atomic E-state index is -0.162. The van der Waals surface area contributed by atoms with E-state index in [2.05, 4.69) is 15.3 Å². The summed E-state index contributed by atoms with van der Waals surface area (Å²) >= 11 is 0. The van der Waals surface area contributed by atoms with Crippen LogP contribution in [-0.4, -0.2) is 34.3 Å². The van der Waals surface area contributed by atoms with Gasteiger partial charge in [-0.15, -0.1) is 0 Å². The number of methoxy groups -OCH3 is 1. The second kappa shape index (κ2) is 5.18. The Labute approximate surface area is 100 Å². The van der Waals surface area contributed by atoms with Crippen molar-refractivity contribution < 1.29 is 9.84 Å². The number of nitrogen functional groups attached to an aromatic ring is 1. The Bertz CT molecular complexity index is 378. The number of nitrogens with two attached hydrogens (primary N) is 1. The van der Waals surface area contributed by atoms with Crippen LogP contribution in [0.5, 0.6) is 5.75 Å². The van der Waals surface area contributed by atoms with Gasteiger partial charge >= 0.3 is 0 Å². The van der Waals surface area contributed by atoms with E-state index >= 15 is 0 Å². The predicted molar refractivity (Wildman–Crippen MR) is 64.9 cm³/mol. The van der Waals surface area contributed by atoms with Crippen molar-refractivity contribution in [1.82, 2.24) is 9.97 Å². The molecule has 1 aromatic heterocycles. The van der Waals surface area contributed by atoms with Crippen molar-refractivity contribution in [2.45, 2.75) is 37.8 Å². The fourth-order valence-corrected chi connectivity index (χ4v) is 2.10. The van der Waals surface area contributed by atoms with Gasteiger partial charge in [0.25, 0.3) is 0 Å². The van der Waals surface area contributed by atoms with Crippen molar-refractivity contribution in [3.63, 3.8) is 0 Å². The van der Waals surface area contributed by atoms with Gasteiger partial charge in [0.1, 0.15) is 6.33 Å². The summed E-state index contributed by atoms with van der Waals surface area (Å²) in [5.41, 5.74) is 5.70. The molecule has 1 heterocycles. The second-order valence-electron chi connectivity index (χ2n) is 4.29. The van der Waals surface area contributed by atoms with Crippen LogP contribution in [0.4, 0.5) is 11.6 Å². The van der Waals surface area contributed by atoms with Crippen molar-refractivity contribution >= 4 is 11.6 Å². The number of anilines is 2. The number of rotatable bonds is 3. The first kappa shape index (κ1) is 11.9. The molecule has 0 atom stereocenters. The van der Waals surface area contributed by atoms with E-state index < -0.39 is 0 Å². The number of aliphatic hydroxyl groups is 1. The van der Waals surface area contributed by atoms with Gasteiger partial charge in [-0.3, -0.25) is 0 Å². The first-order valence-corrected chi connectivity index (χ1v) is 5.79. The fraction of sp³-hybridized carbons (Fsp3) is 0.636. The van der Waals surface area contributed by atoms with E-state index in [4.69, 9.17) is 10.5 Å². The molecule has 1 aliphatic carbocycles. The number of hydrogen-bond acceptors (Lipinski definition) is 6. The summed E-state index contributed by atoms with van der Waals surface area (Å²) in [7, 11) is 1.55. The lowest BCUT2D eigenvalue weighted by atomic mass is 9.93. The highest BCUT2D eigenvalue weighted by molar-refractivity contribution is 5.61. The lowest BCUT2D eigenvalue weighted by molar-refractivity contribution is 0.126. The monoisotopic (exact) mass is 238 g/mol. The summed E-state index contributed by atoms with van der Waals surface area (Å²) < 4.78 is 5.18. The van der Waals surface area contributed by atoms with Crippen molar-refractivity contribution in [3.05, 3.63) is 6.33 Å². The number of ether oxygens (including phenoxy) is 1. The van der Waals surface area contributed by atoms with Crippen LogP contribution < -0.4 is 15.8 Å². The summed E-state index contributed by atoms with van der Waals surface area (Å²) in [5, 5.41) is 12.7. The van der Waals surface area contributed by atoms with E-state index in [1.54, 1.807) is 7.11 Å². The maximum Gasteiger partial charge on any atom is 0.203 e. The molecule has 6 nitrogen and oxygen atoms in total. The van der Waals surface area contributed by atoms with Crippen molar-refractivity contribution in [1.29, 1.82) is 0 Å². The number of nitrogens with one attached hydrogen (secondary N) is 1. The Morgan fingerprint density at radius 3 is 2.71 bits per heavy atom. The highest BCUT2D eigenvalue weighted by atomic mass is 16.5. The minimum Gasteiger partial charge on any atom is -0.490 e. The first-order chi connectivity index (χ1) is 8.20. The fourth-order valence-electron chi connectivity index (χ4n) is 2.10. The smallest absolute Gasteiger partial charge is 0.203 e. The zero-order chi connectivity index (χ0) is 12.3. The molecule has 0 aliphatic heterocycles. The molecule has 0 radical (unpaired) electrons. The molecule has 0 spiro atoms. The Morgan fingerprint density at radius 1 is 1.35 bits per heavy atom. The van der Waals surface area contributed by atoms with Crippen LogP contribution in [0.25, 0.3) is 0 Å². The highest BCUT2D eigenvalue weighted by Crippen LogP contribution is 2.29. The van der Waals surface area contributed by atoms with Gasteiger partial charge in [0, 0.05) is 6.04 Å². The standard InChI is InChI=1S/C11H18N4O2/c1-17-9-10(12)13-6-14-11(9)15-7-2-4-8(16)5-3-7/h6-8,16H,2-5H2,1H3,(H3,12,13,14,15). The van der Waals surface area contributed by atoms with Gasteiger partial charge in [0.15, 0.2) is 11.6 Å². The van der Waals surface area contributed by atoms with Crippen LogP contribution in [0.1, 0.15) is 25.7 Å². The third kappa shape index (κ3) is 2.76. The Balaban J connectivity index is 2.05. The number of aromatic nitrogens is 2. The Kier molecular flexibility index (Phi) is 3.63. The first-order valence-electron chi connectivity index (χ1n) is 5.79. The third-order valence-electron chi connectivity index (χ3n) is 3.07. The summed E-state index contributed by atoms with van der Waals surface area (Å²) in [6.07, 6.45) is 4.74. The van der Waals surface area contributed by atoms with E-state index in [0.717, 1.165) is 25.7 Å². The molecule has 17 heavy (non-hydrogen) atoms. The van der Waals surface area contributed by atoms with Crippen LogP contribution >= 0.6 is 0 Å². The van der Waals surface area contributed by atoms with Crippen LogP contribution in [0.15, 0.2) is 6.33 Å². The third-order valence-corrected chi connectivity index (χ3v) is 3.07. The molecule has 1 saturated carbocycles. The molecule has 4 N–H and O–H groups in total. The highest BCUT2D eigenvalue weighted by Gasteiger charge is 2.21. The van der Waals surface area contributed by atoms with E-state index in [1.807, 2.05) is 0 Å². The van der Waals surface area contributed by atoms with Crippen molar-refractivity contribution in [3.8, 4) is 5.75 Å². The molecular formula is C11H18N4O2. The van der Waals surface area contributed by atoms with Gasteiger partial charge in [-0.2, -0.15) is 0 Å². The summed E-state index contributed by atoms with van der Waals surface area (Å²) in [6, 6.07) is 0.307. The number of aliphatic hydroxyl groups excluding tert-OH is 1. The summed E-state index contributed by atoms with van der Waals surface area (Å²) in [6.45, 7) is 0. The maximum absolute atomic E-state index is 9.44. The Morgan fingerprint density at radius 2 is 2.06 bits per heavy atom. The minimum absolute atomic E-state index is 0.162.